The molecule has 5 aliphatic heterocycles. The Balaban J connectivity index is 0.916. The van der Waals surface area contributed by atoms with E-state index in [9.17, 15) is 68.4 Å². The van der Waals surface area contributed by atoms with E-state index in [1.807, 2.05) is 39.8 Å². The number of aliphatic carboxylic acids is 3. The average Bonchev–Trinajstić information content (AvgIpc) is 3.88. The molecule has 25 nitrogen and oxygen atoms in total. The third-order valence-corrected chi connectivity index (χ3v) is 14.6. The van der Waals surface area contributed by atoms with E-state index >= 15 is 0 Å². The molecule has 5 heterocycles. The van der Waals surface area contributed by atoms with Gasteiger partial charge in [0.15, 0.2) is 0 Å². The smallest absolute Gasteiger partial charge is 0.326 e. The lowest BCUT2D eigenvalue weighted by atomic mass is 9.96. The number of carboxylic acids is 3. The number of aliphatic hydroxyl groups is 1. The monoisotopic (exact) mass is 1040 g/mol. The number of carboxylic acid groups (broad SMARTS) is 3. The lowest BCUT2D eigenvalue weighted by molar-refractivity contribution is -0.155. The molecule has 5 aliphatic rings. The van der Waals surface area contributed by atoms with Crippen molar-refractivity contribution in [3.8, 4) is 0 Å². The van der Waals surface area contributed by atoms with Crippen LogP contribution in [0.1, 0.15) is 76.3 Å². The van der Waals surface area contributed by atoms with E-state index in [2.05, 4.69) is 31.5 Å². The minimum Gasteiger partial charge on any atom is -0.480 e. The SMILES string of the molecule is CC[C@H](C)[C@H](NC(=O)CCNC(=O)CC[C@H](NC(=O)CN1CCC(CN2CCN(CC(=O)O)CCN(CC(=O)O)CC2)CC1)C(=O)O)C(=O)N[C@H]1CCc2cccc3c2N(C1=O)[C@H](C(=O)NC1CC(=O)OC1O)C3. The van der Waals surface area contributed by atoms with Crippen LogP contribution < -0.4 is 31.5 Å². The number of esters is 1. The Hall–Kier alpha value is -6.28. The molecule has 0 aliphatic carbocycles. The topological polar surface area (TPSA) is 337 Å². The van der Waals surface area contributed by atoms with Gasteiger partial charge < -0.3 is 56.6 Å². The summed E-state index contributed by atoms with van der Waals surface area (Å²) in [5, 5.41) is 52.0. The zero-order valence-electron chi connectivity index (χ0n) is 42.1. The molecule has 0 bridgehead atoms. The number of aliphatic hydroxyl groups excluding tert-OH is 1. The number of hydrogen-bond donors (Lipinski definition) is 9. The number of aryl methyl sites for hydroxylation is 1. The van der Waals surface area contributed by atoms with Crippen LogP contribution in [0.3, 0.4) is 0 Å². The van der Waals surface area contributed by atoms with Crippen molar-refractivity contribution < 1.29 is 73.1 Å². The van der Waals surface area contributed by atoms with Crippen LogP contribution in [0, 0.1) is 11.8 Å². The molecule has 1 aromatic carbocycles. The number of para-hydroxylation sites is 1. The molecule has 0 aromatic heterocycles. The third kappa shape index (κ3) is 16.1. The first-order valence-corrected chi connectivity index (χ1v) is 25.6. The molecule has 9 N–H and O–H groups in total. The number of piperidine rings is 1. The molecular weight excluding hydrogens is 969 g/mol. The second-order valence-corrected chi connectivity index (χ2v) is 20.0. The summed E-state index contributed by atoms with van der Waals surface area (Å²) in [7, 11) is 0. The summed E-state index contributed by atoms with van der Waals surface area (Å²) in [4.78, 5) is 137. The van der Waals surface area contributed by atoms with Crippen LogP contribution in [0.15, 0.2) is 18.2 Å². The van der Waals surface area contributed by atoms with Gasteiger partial charge in [-0.1, -0.05) is 38.5 Å². The van der Waals surface area contributed by atoms with Gasteiger partial charge in [0.25, 0.3) is 0 Å². The maximum atomic E-state index is 14.3. The van der Waals surface area contributed by atoms with Crippen molar-refractivity contribution in [2.45, 2.75) is 115 Å². The highest BCUT2D eigenvalue weighted by Gasteiger charge is 2.46. The molecule has 0 saturated carbocycles. The predicted molar refractivity (Wildman–Crippen MR) is 262 cm³/mol. The van der Waals surface area contributed by atoms with Crippen LogP contribution in [-0.4, -0.2) is 221 Å². The summed E-state index contributed by atoms with van der Waals surface area (Å²) >= 11 is 0. The van der Waals surface area contributed by atoms with E-state index in [1.165, 1.54) is 4.90 Å². The van der Waals surface area contributed by atoms with Gasteiger partial charge >= 0.3 is 23.9 Å². The number of nitrogens with one attached hydrogen (secondary N) is 5. The van der Waals surface area contributed by atoms with Crippen molar-refractivity contribution in [2.24, 2.45) is 11.8 Å². The molecule has 74 heavy (non-hydrogen) atoms. The minimum absolute atomic E-state index is 0.0384. The Labute approximate surface area is 429 Å². The van der Waals surface area contributed by atoms with Crippen molar-refractivity contribution >= 4 is 65.0 Å². The van der Waals surface area contributed by atoms with E-state index in [0.29, 0.717) is 70.9 Å². The van der Waals surface area contributed by atoms with Crippen LogP contribution in [-0.2, 0) is 65.5 Å². The number of anilines is 1. The van der Waals surface area contributed by atoms with Gasteiger partial charge in [0, 0.05) is 71.6 Å². The summed E-state index contributed by atoms with van der Waals surface area (Å²) in [6.07, 6.45) is 0.321. The van der Waals surface area contributed by atoms with E-state index in [0.717, 1.165) is 30.5 Å². The van der Waals surface area contributed by atoms with Crippen molar-refractivity contribution in [1.82, 2.24) is 46.2 Å². The first kappa shape index (κ1) is 57.0. The van der Waals surface area contributed by atoms with Gasteiger partial charge in [-0.2, -0.15) is 0 Å². The molecule has 25 heteroatoms. The fourth-order valence-electron chi connectivity index (χ4n) is 10.3. The number of benzene rings is 1. The summed E-state index contributed by atoms with van der Waals surface area (Å²) in [5.41, 5.74) is 2.14. The number of cyclic esters (lactones) is 1. The maximum Gasteiger partial charge on any atom is 0.326 e. The Morgan fingerprint density at radius 2 is 1.35 bits per heavy atom. The standard InChI is InChI=1S/C49H72N10O15/c1-3-29(2)43(46(69)52-33-8-7-31-5-4-6-32-23-36(59(44(31)32)47(33)70)45(68)53-35-24-42(67)74-49(35)73)54-38(61)11-14-50-37(60)10-9-34(48(71)72)51-39(62)26-55-15-12-30(13-16-55)25-56-17-19-57(27-40(63)64)21-22-58(20-18-56)28-41(65)66/h4-6,29-30,33-36,43,49,73H,3,7-28H2,1-2H3,(H,50,60)(H,51,62)(H,52,69)(H,53,68)(H,54,61)(H,63,64)(H,65,66)(H,71,72)/t29-,33-,34-,35?,36-,43-,49?/m0/s1. The second-order valence-electron chi connectivity index (χ2n) is 20.0. The lowest BCUT2D eigenvalue weighted by Crippen LogP contribution is -2.59. The van der Waals surface area contributed by atoms with E-state index in [-0.39, 0.29) is 76.5 Å². The Morgan fingerprint density at radius 1 is 0.730 bits per heavy atom. The number of likely N-dealkylation sites (tertiary alicyclic amines) is 1. The van der Waals surface area contributed by atoms with Crippen molar-refractivity contribution in [1.29, 1.82) is 0 Å². The molecule has 6 amide bonds. The number of carbonyl (C=O) groups is 10. The quantitative estimate of drug-likeness (QED) is 0.0504. The van der Waals surface area contributed by atoms with Gasteiger partial charge in [-0.3, -0.25) is 62.8 Å². The first-order chi connectivity index (χ1) is 35.3. The highest BCUT2D eigenvalue weighted by molar-refractivity contribution is 6.08. The minimum atomic E-state index is -1.53. The largest absolute Gasteiger partial charge is 0.480 e. The van der Waals surface area contributed by atoms with Gasteiger partial charge in [-0.25, -0.2) is 4.79 Å². The lowest BCUT2D eigenvalue weighted by Gasteiger charge is -2.35. The molecule has 1 aromatic rings. The molecule has 2 unspecified atom stereocenters. The first-order valence-electron chi connectivity index (χ1n) is 25.6. The second kappa shape index (κ2) is 26.8. The molecule has 0 radical (unpaired) electrons. The molecule has 408 valence electrons. The summed E-state index contributed by atoms with van der Waals surface area (Å²) < 4.78 is 4.76. The predicted octanol–water partition coefficient (Wildman–Crippen LogP) is -2.69. The number of ether oxygens (including phenoxy) is 1. The highest BCUT2D eigenvalue weighted by Crippen LogP contribution is 2.39. The van der Waals surface area contributed by atoms with Crippen molar-refractivity contribution in [3.63, 3.8) is 0 Å². The van der Waals surface area contributed by atoms with E-state index in [4.69, 9.17) is 4.74 Å². The van der Waals surface area contributed by atoms with Gasteiger partial charge in [0.1, 0.15) is 30.2 Å². The fraction of sp³-hybridized carbons (Fsp3) is 0.673. The molecule has 6 rings (SSSR count). The molecular formula is C49H72N10O15. The van der Waals surface area contributed by atoms with Crippen molar-refractivity contribution in [2.75, 3.05) is 90.0 Å². The molecule has 3 saturated heterocycles. The highest BCUT2D eigenvalue weighted by atomic mass is 16.6. The zero-order valence-corrected chi connectivity index (χ0v) is 42.1. The Kier molecular flexibility index (Phi) is 20.6. The fourth-order valence-corrected chi connectivity index (χ4v) is 10.3. The van der Waals surface area contributed by atoms with Crippen LogP contribution in [0.2, 0.25) is 0 Å². The van der Waals surface area contributed by atoms with Crippen molar-refractivity contribution in [3.05, 3.63) is 29.3 Å². The maximum absolute atomic E-state index is 14.3. The van der Waals surface area contributed by atoms with Crippen LogP contribution >= 0.6 is 0 Å². The number of nitrogens with zero attached hydrogens (tertiary/aromatic N) is 5. The Bertz CT molecular complexity index is 2220. The molecule has 0 spiro atoms. The number of rotatable bonds is 23. The summed E-state index contributed by atoms with van der Waals surface area (Å²) in [6.45, 7) is 8.31. The summed E-state index contributed by atoms with van der Waals surface area (Å²) in [5.74, 6) is -7.34. The normalized spacial score (nSPS) is 23.4. The third-order valence-electron chi connectivity index (χ3n) is 14.6. The zero-order chi connectivity index (χ0) is 53.6. The van der Waals surface area contributed by atoms with E-state index < -0.39 is 95.8 Å². The number of amides is 6. The average molecular weight is 1040 g/mol. The number of carbonyl (C=O) groups excluding carboxylic acids is 7. The van der Waals surface area contributed by atoms with Gasteiger partial charge in [-0.15, -0.1) is 0 Å². The molecule has 7 atom stereocenters. The molecule has 3 fully saturated rings. The van der Waals surface area contributed by atoms with Crippen LogP contribution in [0.4, 0.5) is 5.69 Å². The van der Waals surface area contributed by atoms with Gasteiger partial charge in [-0.05, 0) is 68.2 Å². The van der Waals surface area contributed by atoms with Gasteiger partial charge in [0.2, 0.25) is 41.7 Å². The van der Waals surface area contributed by atoms with Crippen LogP contribution in [0.5, 0.6) is 0 Å². The van der Waals surface area contributed by atoms with E-state index in [1.54, 1.807) is 6.92 Å². The Morgan fingerprint density at radius 3 is 1.95 bits per heavy atom. The number of hydrogen-bond acceptors (Lipinski definition) is 16. The summed E-state index contributed by atoms with van der Waals surface area (Å²) in [6, 6.07) is -0.0203. The van der Waals surface area contributed by atoms with Gasteiger partial charge in [0.05, 0.1) is 31.7 Å². The van der Waals surface area contributed by atoms with Crippen LogP contribution in [0.25, 0.3) is 0 Å².